The number of morpholine rings is 1. The van der Waals surface area contributed by atoms with E-state index in [1.165, 1.54) is 0 Å². The third-order valence-electron chi connectivity index (χ3n) is 4.09. The summed E-state index contributed by atoms with van der Waals surface area (Å²) in [6, 6.07) is 7.64. The number of likely N-dealkylation sites (N-methyl/N-ethyl adjacent to an activating group) is 1. The first kappa shape index (κ1) is 20.3. The number of guanidine groups is 1. The van der Waals surface area contributed by atoms with E-state index in [0.29, 0.717) is 6.54 Å². The highest BCUT2D eigenvalue weighted by atomic mass is 16.5. The lowest BCUT2D eigenvalue weighted by Gasteiger charge is -2.30. The number of nitrogens with one attached hydrogen (secondary N) is 2. The molecule has 1 fully saturated rings. The van der Waals surface area contributed by atoms with Crippen molar-refractivity contribution in [2.24, 2.45) is 4.99 Å². The zero-order valence-corrected chi connectivity index (χ0v) is 16.3. The van der Waals surface area contributed by atoms with Gasteiger partial charge in [0.25, 0.3) is 0 Å². The van der Waals surface area contributed by atoms with Gasteiger partial charge in [0.15, 0.2) is 17.5 Å². The second-order valence-electron chi connectivity index (χ2n) is 6.43. The Kier molecular flexibility index (Phi) is 8.50. The molecule has 0 spiro atoms. The molecule has 1 aliphatic rings. The minimum atomic E-state index is -0.0705. The first-order chi connectivity index (χ1) is 12.6. The van der Waals surface area contributed by atoms with Crippen LogP contribution in [0.4, 0.5) is 0 Å². The summed E-state index contributed by atoms with van der Waals surface area (Å²) in [7, 11) is 3.76. The standard InChI is InChI=1S/C19H32N4O3/c1-5-20-19(22-13-16-14-23(3)10-11-25-16)21-12-15(2)26-18-9-7-6-8-17(18)24-4/h6-9,15-16H,5,10-14H2,1-4H3,(H2,20,21,22). The molecule has 0 saturated carbocycles. The molecule has 7 nitrogen and oxygen atoms in total. The van der Waals surface area contributed by atoms with Crippen LogP contribution in [-0.2, 0) is 4.74 Å². The Morgan fingerprint density at radius 1 is 1.35 bits per heavy atom. The summed E-state index contributed by atoms with van der Waals surface area (Å²) in [5.74, 6) is 2.24. The molecule has 0 aliphatic carbocycles. The van der Waals surface area contributed by atoms with Gasteiger partial charge in [-0.15, -0.1) is 0 Å². The van der Waals surface area contributed by atoms with Crippen molar-refractivity contribution in [2.75, 3.05) is 53.5 Å². The molecule has 1 aliphatic heterocycles. The second-order valence-corrected chi connectivity index (χ2v) is 6.43. The average Bonchev–Trinajstić information content (AvgIpc) is 2.64. The highest BCUT2D eigenvalue weighted by molar-refractivity contribution is 5.79. The number of hydrogen-bond donors (Lipinski definition) is 2. The highest BCUT2D eigenvalue weighted by Crippen LogP contribution is 2.26. The first-order valence-corrected chi connectivity index (χ1v) is 9.24. The van der Waals surface area contributed by atoms with E-state index in [9.17, 15) is 0 Å². The lowest BCUT2D eigenvalue weighted by atomic mass is 10.3. The minimum Gasteiger partial charge on any atom is -0.493 e. The monoisotopic (exact) mass is 364 g/mol. The van der Waals surface area contributed by atoms with Gasteiger partial charge in [-0.2, -0.15) is 0 Å². The zero-order chi connectivity index (χ0) is 18.8. The van der Waals surface area contributed by atoms with E-state index in [4.69, 9.17) is 14.2 Å². The SMILES string of the molecule is CCNC(=NCC(C)Oc1ccccc1OC)NCC1CN(C)CCO1. The van der Waals surface area contributed by atoms with Gasteiger partial charge in [-0.05, 0) is 33.0 Å². The van der Waals surface area contributed by atoms with Gasteiger partial charge < -0.3 is 29.7 Å². The summed E-state index contributed by atoms with van der Waals surface area (Å²) in [5.41, 5.74) is 0. The number of para-hydroxylation sites is 2. The third-order valence-corrected chi connectivity index (χ3v) is 4.09. The maximum absolute atomic E-state index is 5.95. The van der Waals surface area contributed by atoms with Crippen molar-refractivity contribution >= 4 is 5.96 Å². The van der Waals surface area contributed by atoms with Crippen LogP contribution in [0.2, 0.25) is 0 Å². The number of ether oxygens (including phenoxy) is 3. The molecule has 0 radical (unpaired) electrons. The van der Waals surface area contributed by atoms with Crippen molar-refractivity contribution in [1.29, 1.82) is 0 Å². The van der Waals surface area contributed by atoms with Gasteiger partial charge in [0, 0.05) is 26.2 Å². The number of hydrogen-bond acceptors (Lipinski definition) is 5. The number of benzene rings is 1. The van der Waals surface area contributed by atoms with E-state index in [-0.39, 0.29) is 12.2 Å². The number of rotatable bonds is 8. The lowest BCUT2D eigenvalue weighted by Crippen LogP contribution is -2.48. The second kappa shape index (κ2) is 10.9. The van der Waals surface area contributed by atoms with E-state index >= 15 is 0 Å². The van der Waals surface area contributed by atoms with Crippen LogP contribution in [0.25, 0.3) is 0 Å². The number of methoxy groups -OCH3 is 1. The van der Waals surface area contributed by atoms with Gasteiger partial charge in [-0.1, -0.05) is 12.1 Å². The van der Waals surface area contributed by atoms with Crippen molar-refractivity contribution < 1.29 is 14.2 Å². The quantitative estimate of drug-likeness (QED) is 0.536. The molecule has 1 aromatic rings. The van der Waals surface area contributed by atoms with Gasteiger partial charge in [-0.3, -0.25) is 0 Å². The molecule has 2 N–H and O–H groups in total. The summed E-state index contributed by atoms with van der Waals surface area (Å²) in [4.78, 5) is 6.91. The molecule has 26 heavy (non-hydrogen) atoms. The molecule has 2 atom stereocenters. The molecule has 7 heteroatoms. The summed E-state index contributed by atoms with van der Waals surface area (Å²) in [6.45, 7) is 8.83. The van der Waals surface area contributed by atoms with Crippen molar-refractivity contribution in [3.05, 3.63) is 24.3 Å². The molecule has 1 aromatic carbocycles. The number of nitrogens with zero attached hydrogens (tertiary/aromatic N) is 2. The Bertz CT molecular complexity index is 567. The van der Waals surface area contributed by atoms with Gasteiger partial charge in [0.2, 0.25) is 0 Å². The van der Waals surface area contributed by atoms with Crippen molar-refractivity contribution in [1.82, 2.24) is 15.5 Å². The maximum Gasteiger partial charge on any atom is 0.191 e. The summed E-state index contributed by atoms with van der Waals surface area (Å²) in [5, 5.41) is 6.62. The highest BCUT2D eigenvalue weighted by Gasteiger charge is 2.17. The van der Waals surface area contributed by atoms with E-state index < -0.39 is 0 Å². The molecule has 0 aromatic heterocycles. The largest absolute Gasteiger partial charge is 0.493 e. The van der Waals surface area contributed by atoms with Crippen molar-refractivity contribution in [3.8, 4) is 11.5 Å². The van der Waals surface area contributed by atoms with Gasteiger partial charge in [-0.25, -0.2) is 4.99 Å². The molecule has 1 saturated heterocycles. The van der Waals surface area contributed by atoms with Gasteiger partial charge in [0.05, 0.1) is 26.4 Å². The van der Waals surface area contributed by atoms with E-state index in [2.05, 4.69) is 34.5 Å². The van der Waals surface area contributed by atoms with Gasteiger partial charge >= 0.3 is 0 Å². The van der Waals surface area contributed by atoms with Gasteiger partial charge in [0.1, 0.15) is 6.10 Å². The summed E-state index contributed by atoms with van der Waals surface area (Å²) in [6.07, 6.45) is 0.110. The predicted molar refractivity (Wildman–Crippen MR) is 104 cm³/mol. The van der Waals surface area contributed by atoms with Crippen LogP contribution in [-0.4, -0.2) is 76.6 Å². The zero-order valence-electron chi connectivity index (χ0n) is 16.3. The molecule has 2 unspecified atom stereocenters. The van der Waals surface area contributed by atoms with Crippen LogP contribution in [0.3, 0.4) is 0 Å². The van der Waals surface area contributed by atoms with Crippen LogP contribution in [0.1, 0.15) is 13.8 Å². The molecular weight excluding hydrogens is 332 g/mol. The molecular formula is C19H32N4O3. The van der Waals surface area contributed by atoms with Crippen LogP contribution in [0, 0.1) is 0 Å². The lowest BCUT2D eigenvalue weighted by molar-refractivity contribution is -0.0161. The molecule has 0 amide bonds. The smallest absolute Gasteiger partial charge is 0.191 e. The fourth-order valence-electron chi connectivity index (χ4n) is 2.73. The predicted octanol–water partition coefficient (Wildman–Crippen LogP) is 1.35. The first-order valence-electron chi connectivity index (χ1n) is 9.24. The molecule has 146 valence electrons. The average molecular weight is 364 g/mol. The topological polar surface area (TPSA) is 67.4 Å². The van der Waals surface area contributed by atoms with Crippen molar-refractivity contribution in [2.45, 2.75) is 26.1 Å². The summed E-state index contributed by atoms with van der Waals surface area (Å²) < 4.78 is 17.1. The van der Waals surface area contributed by atoms with Crippen LogP contribution >= 0.6 is 0 Å². The fraction of sp³-hybridized carbons (Fsp3) is 0.632. The fourth-order valence-corrected chi connectivity index (χ4v) is 2.73. The van der Waals surface area contributed by atoms with Crippen molar-refractivity contribution in [3.63, 3.8) is 0 Å². The van der Waals surface area contributed by atoms with E-state index in [0.717, 1.165) is 50.2 Å². The normalized spacial score (nSPS) is 19.7. The molecule has 0 bridgehead atoms. The third kappa shape index (κ3) is 6.72. The van der Waals surface area contributed by atoms with E-state index in [1.807, 2.05) is 31.2 Å². The van der Waals surface area contributed by atoms with Crippen LogP contribution in [0.15, 0.2) is 29.3 Å². The Morgan fingerprint density at radius 3 is 2.81 bits per heavy atom. The molecule has 1 heterocycles. The van der Waals surface area contributed by atoms with Crippen LogP contribution < -0.4 is 20.1 Å². The minimum absolute atomic E-state index is 0.0705. The Morgan fingerprint density at radius 2 is 2.12 bits per heavy atom. The maximum atomic E-state index is 5.95. The molecule has 2 rings (SSSR count). The van der Waals surface area contributed by atoms with Crippen LogP contribution in [0.5, 0.6) is 11.5 Å². The Balaban J connectivity index is 1.84. The summed E-state index contributed by atoms with van der Waals surface area (Å²) >= 11 is 0. The number of aliphatic imine (C=N–C) groups is 1. The Labute approximate surface area is 156 Å². The van der Waals surface area contributed by atoms with E-state index in [1.54, 1.807) is 7.11 Å². The Hall–Kier alpha value is -1.99.